The third kappa shape index (κ3) is 3.17. The van der Waals surface area contributed by atoms with Gasteiger partial charge in [-0.15, -0.1) is 0 Å². The molecule has 0 fully saturated rings. The molecule has 0 spiro atoms. The van der Waals surface area contributed by atoms with E-state index in [0.29, 0.717) is 23.6 Å². The zero-order valence-corrected chi connectivity index (χ0v) is 11.8. The van der Waals surface area contributed by atoms with E-state index in [1.807, 2.05) is 19.2 Å². The van der Waals surface area contributed by atoms with Crippen LogP contribution in [0, 0.1) is 0 Å². The normalized spacial score (nSPS) is 10.6. The molecular formula is C14H16N2O2S. The van der Waals surface area contributed by atoms with E-state index in [2.05, 4.69) is 9.97 Å². The number of aromatic nitrogens is 2. The number of hydrogen-bond acceptors (Lipinski definition) is 4. The van der Waals surface area contributed by atoms with Crippen LogP contribution in [-0.4, -0.2) is 21.3 Å². The molecule has 0 atom stereocenters. The molecule has 0 amide bonds. The lowest BCUT2D eigenvalue weighted by Gasteiger charge is -2.08. The molecule has 0 aliphatic carbocycles. The Hall–Kier alpha value is -1.75. The number of aryl methyl sites for hydroxylation is 1. The number of benzene rings is 1. The van der Waals surface area contributed by atoms with E-state index in [-0.39, 0.29) is 11.3 Å². The molecule has 1 aromatic heterocycles. The number of hydrogen-bond donors (Lipinski definition) is 2. The van der Waals surface area contributed by atoms with Gasteiger partial charge < -0.3 is 10.1 Å². The van der Waals surface area contributed by atoms with Gasteiger partial charge in [0.1, 0.15) is 5.75 Å². The number of aromatic amines is 1. The van der Waals surface area contributed by atoms with E-state index >= 15 is 0 Å². The van der Waals surface area contributed by atoms with Crippen LogP contribution in [0.15, 0.2) is 34.2 Å². The summed E-state index contributed by atoms with van der Waals surface area (Å²) >= 11 is 1.42. The van der Waals surface area contributed by atoms with Gasteiger partial charge in [0.15, 0.2) is 5.16 Å². The maximum Gasteiger partial charge on any atom is 0.255 e. The van der Waals surface area contributed by atoms with E-state index in [1.165, 1.54) is 11.8 Å². The Bertz CT molecular complexity index is 638. The van der Waals surface area contributed by atoms with Crippen molar-refractivity contribution < 1.29 is 5.11 Å². The van der Waals surface area contributed by atoms with Crippen LogP contribution in [0.3, 0.4) is 0 Å². The van der Waals surface area contributed by atoms with Crippen molar-refractivity contribution in [2.45, 2.75) is 24.9 Å². The largest absolute Gasteiger partial charge is 0.508 e. The van der Waals surface area contributed by atoms with E-state index in [4.69, 9.17) is 0 Å². The van der Waals surface area contributed by atoms with Gasteiger partial charge in [-0.1, -0.05) is 30.8 Å². The summed E-state index contributed by atoms with van der Waals surface area (Å²) in [6.07, 6.45) is 3.08. The third-order valence-corrected chi connectivity index (χ3v) is 3.48. The first-order valence-corrected chi connectivity index (χ1v) is 7.30. The second kappa shape index (κ2) is 5.93. The first kappa shape index (κ1) is 13.7. The first-order valence-electron chi connectivity index (χ1n) is 6.08. The van der Waals surface area contributed by atoms with Crippen molar-refractivity contribution in [2.75, 3.05) is 6.26 Å². The second-order valence-electron chi connectivity index (χ2n) is 4.20. The van der Waals surface area contributed by atoms with E-state index in [1.54, 1.807) is 18.2 Å². The number of H-pyrrole nitrogens is 1. The predicted octanol–water partition coefficient (Wildman–Crippen LogP) is 2.35. The molecule has 2 aromatic rings. The number of thioether (sulfide) groups is 1. The lowest BCUT2D eigenvalue weighted by molar-refractivity contribution is 0.474. The summed E-state index contributed by atoms with van der Waals surface area (Å²) in [5.74, 6) is 0.209. The average molecular weight is 276 g/mol. The number of nitrogens with zero attached hydrogens (tertiary/aromatic N) is 1. The highest BCUT2D eigenvalue weighted by Crippen LogP contribution is 2.16. The maximum atomic E-state index is 12.1. The van der Waals surface area contributed by atoms with Crippen molar-refractivity contribution in [1.82, 2.24) is 9.97 Å². The fourth-order valence-electron chi connectivity index (χ4n) is 1.96. The molecule has 0 bridgehead atoms. The highest BCUT2D eigenvalue weighted by molar-refractivity contribution is 7.98. The van der Waals surface area contributed by atoms with Crippen molar-refractivity contribution >= 4 is 11.8 Å². The van der Waals surface area contributed by atoms with Crippen LogP contribution in [0.5, 0.6) is 5.75 Å². The van der Waals surface area contributed by atoms with Gasteiger partial charge in [0.05, 0.1) is 5.69 Å². The quantitative estimate of drug-likeness (QED) is 0.664. The zero-order chi connectivity index (χ0) is 13.8. The zero-order valence-electron chi connectivity index (χ0n) is 10.9. The highest BCUT2D eigenvalue weighted by atomic mass is 32.2. The van der Waals surface area contributed by atoms with Crippen molar-refractivity contribution in [3.05, 3.63) is 51.4 Å². The Balaban J connectivity index is 2.42. The smallest absolute Gasteiger partial charge is 0.255 e. The van der Waals surface area contributed by atoms with Crippen molar-refractivity contribution in [2.24, 2.45) is 0 Å². The van der Waals surface area contributed by atoms with E-state index in [9.17, 15) is 9.90 Å². The Kier molecular flexibility index (Phi) is 4.27. The van der Waals surface area contributed by atoms with Gasteiger partial charge in [-0.2, -0.15) is 0 Å². The first-order chi connectivity index (χ1) is 9.13. The molecule has 0 saturated carbocycles. The number of phenolic OH excluding ortho intramolecular Hbond substituents is 1. The lowest BCUT2D eigenvalue weighted by atomic mass is 10.0. The molecule has 4 nitrogen and oxygen atoms in total. The molecular weight excluding hydrogens is 260 g/mol. The minimum atomic E-state index is -0.0976. The Morgan fingerprint density at radius 1 is 1.42 bits per heavy atom. The summed E-state index contributed by atoms with van der Waals surface area (Å²) in [5, 5.41) is 10.1. The number of rotatable bonds is 4. The Labute approximate surface area is 115 Å². The summed E-state index contributed by atoms with van der Waals surface area (Å²) in [7, 11) is 0. The molecule has 19 heavy (non-hydrogen) atoms. The lowest BCUT2D eigenvalue weighted by Crippen LogP contribution is -2.18. The molecule has 0 saturated heterocycles. The fraction of sp³-hybridized carbons (Fsp3) is 0.286. The topological polar surface area (TPSA) is 66.0 Å². The fourth-order valence-corrected chi connectivity index (χ4v) is 2.36. The standard InChI is InChI=1S/C14H16N2O2S/c1-3-12-11(13(18)16-14(15-12)19-2)8-9-5-4-6-10(17)7-9/h4-7,17H,3,8H2,1-2H3,(H,15,16,18). The van der Waals surface area contributed by atoms with Gasteiger partial charge in [0.2, 0.25) is 0 Å². The number of aromatic hydroxyl groups is 1. The van der Waals surface area contributed by atoms with Crippen molar-refractivity contribution in [3.63, 3.8) is 0 Å². The van der Waals surface area contributed by atoms with E-state index < -0.39 is 0 Å². The SMILES string of the molecule is CCc1nc(SC)[nH]c(=O)c1Cc1cccc(O)c1. The summed E-state index contributed by atoms with van der Waals surface area (Å²) in [4.78, 5) is 19.3. The van der Waals surface area contributed by atoms with Crippen LogP contribution in [0.25, 0.3) is 0 Å². The molecule has 1 heterocycles. The highest BCUT2D eigenvalue weighted by Gasteiger charge is 2.11. The monoisotopic (exact) mass is 276 g/mol. The van der Waals surface area contributed by atoms with Crippen LogP contribution in [-0.2, 0) is 12.8 Å². The van der Waals surface area contributed by atoms with Crippen LogP contribution < -0.4 is 5.56 Å². The molecule has 0 unspecified atom stereocenters. The van der Waals surface area contributed by atoms with Crippen LogP contribution in [0.2, 0.25) is 0 Å². The van der Waals surface area contributed by atoms with Gasteiger partial charge in [0, 0.05) is 12.0 Å². The minimum Gasteiger partial charge on any atom is -0.508 e. The van der Waals surface area contributed by atoms with Crippen LogP contribution >= 0.6 is 11.8 Å². The molecule has 5 heteroatoms. The Morgan fingerprint density at radius 2 is 2.21 bits per heavy atom. The number of phenols is 1. The molecule has 2 N–H and O–H groups in total. The van der Waals surface area contributed by atoms with Gasteiger partial charge in [-0.25, -0.2) is 4.98 Å². The van der Waals surface area contributed by atoms with Gasteiger partial charge >= 0.3 is 0 Å². The molecule has 0 aliphatic rings. The van der Waals surface area contributed by atoms with Crippen LogP contribution in [0.4, 0.5) is 0 Å². The number of nitrogens with one attached hydrogen (secondary N) is 1. The average Bonchev–Trinajstić information content (AvgIpc) is 2.40. The molecule has 0 aliphatic heterocycles. The molecule has 2 rings (SSSR count). The third-order valence-electron chi connectivity index (χ3n) is 2.90. The summed E-state index contributed by atoms with van der Waals surface area (Å²) in [5.41, 5.74) is 2.29. The minimum absolute atomic E-state index is 0.0976. The van der Waals surface area contributed by atoms with Crippen LogP contribution in [0.1, 0.15) is 23.7 Å². The summed E-state index contributed by atoms with van der Waals surface area (Å²) in [6, 6.07) is 6.94. The molecule has 100 valence electrons. The van der Waals surface area contributed by atoms with Gasteiger partial charge in [-0.05, 0) is 30.4 Å². The van der Waals surface area contributed by atoms with Crippen molar-refractivity contribution in [1.29, 1.82) is 0 Å². The molecule has 1 aromatic carbocycles. The summed E-state index contributed by atoms with van der Waals surface area (Å²) < 4.78 is 0. The van der Waals surface area contributed by atoms with E-state index in [0.717, 1.165) is 11.3 Å². The maximum absolute atomic E-state index is 12.1. The van der Waals surface area contributed by atoms with Gasteiger partial charge in [0.25, 0.3) is 5.56 Å². The second-order valence-corrected chi connectivity index (χ2v) is 5.00. The van der Waals surface area contributed by atoms with Gasteiger partial charge in [-0.3, -0.25) is 4.79 Å². The van der Waals surface area contributed by atoms with Crippen molar-refractivity contribution in [3.8, 4) is 5.75 Å². The summed E-state index contributed by atoms with van der Waals surface area (Å²) in [6.45, 7) is 1.98. The molecule has 0 radical (unpaired) electrons. The predicted molar refractivity (Wildman–Crippen MR) is 76.9 cm³/mol. The Morgan fingerprint density at radius 3 is 2.84 bits per heavy atom.